The molecule has 1 atom stereocenters. The van der Waals surface area contributed by atoms with E-state index in [9.17, 15) is 4.79 Å². The Morgan fingerprint density at radius 3 is 2.08 bits per heavy atom. The van der Waals surface area contributed by atoms with E-state index in [2.05, 4.69) is 33.0 Å². The van der Waals surface area contributed by atoms with E-state index in [0.29, 0.717) is 24.2 Å². The molecule has 0 radical (unpaired) electrons. The van der Waals surface area contributed by atoms with Crippen molar-refractivity contribution in [3.63, 3.8) is 0 Å². The molecule has 0 spiro atoms. The lowest BCUT2D eigenvalue weighted by Crippen LogP contribution is -2.24. The highest BCUT2D eigenvalue weighted by molar-refractivity contribution is 5.75. The first-order valence-electron chi connectivity index (χ1n) is 5.18. The van der Waals surface area contributed by atoms with Crippen LogP contribution in [0.25, 0.3) is 0 Å². The molecule has 1 N–H and O–H groups in total. The number of carbonyl (C=O) groups is 1. The molecule has 13 heavy (non-hydrogen) atoms. The summed E-state index contributed by atoms with van der Waals surface area (Å²) < 4.78 is 0. The van der Waals surface area contributed by atoms with Crippen LogP contribution in [0.2, 0.25) is 0 Å². The molecule has 0 fully saturated rings. The second-order valence-electron chi connectivity index (χ2n) is 4.51. The summed E-state index contributed by atoms with van der Waals surface area (Å²) in [5.74, 6) is 1.97. The number of nitrogens with one attached hydrogen (secondary N) is 1. The summed E-state index contributed by atoms with van der Waals surface area (Å²) >= 11 is 0. The van der Waals surface area contributed by atoms with Gasteiger partial charge >= 0.3 is 0 Å². The van der Waals surface area contributed by atoms with Crippen molar-refractivity contribution in [2.75, 3.05) is 7.05 Å². The monoisotopic (exact) mass is 185 g/mol. The van der Waals surface area contributed by atoms with Gasteiger partial charge < -0.3 is 5.32 Å². The molecule has 0 aromatic rings. The zero-order valence-corrected chi connectivity index (χ0v) is 9.55. The van der Waals surface area contributed by atoms with Crippen LogP contribution in [0.15, 0.2) is 0 Å². The van der Waals surface area contributed by atoms with Crippen LogP contribution < -0.4 is 5.32 Å². The van der Waals surface area contributed by atoms with Gasteiger partial charge in [0.2, 0.25) is 5.91 Å². The van der Waals surface area contributed by atoms with E-state index in [1.165, 1.54) is 0 Å². The summed E-state index contributed by atoms with van der Waals surface area (Å²) in [6.07, 6.45) is 1.82. The minimum absolute atomic E-state index is 0.166. The molecule has 0 rings (SSSR count). The zero-order chi connectivity index (χ0) is 10.4. The normalized spacial score (nSPS) is 13.5. The molecule has 1 unspecified atom stereocenters. The average molecular weight is 185 g/mol. The highest BCUT2D eigenvalue weighted by Crippen LogP contribution is 2.23. The summed E-state index contributed by atoms with van der Waals surface area (Å²) in [4.78, 5) is 11.2. The number of hydrogen-bond donors (Lipinski definition) is 1. The minimum atomic E-state index is 0.166. The molecular formula is C11H23NO. The fraction of sp³-hybridized carbons (Fsp3) is 0.909. The maximum absolute atomic E-state index is 11.2. The number of carbonyl (C=O) groups excluding carboxylic acids is 1. The van der Waals surface area contributed by atoms with E-state index in [1.54, 1.807) is 7.05 Å². The summed E-state index contributed by atoms with van der Waals surface area (Å²) in [5.41, 5.74) is 0. The Bertz CT molecular complexity index is 152. The standard InChI is InChI=1S/C11H23NO/c1-8(2)6-10(9(3)4)7-11(13)12-5/h8-10H,6-7H2,1-5H3,(H,12,13). The first-order valence-corrected chi connectivity index (χ1v) is 5.18. The Balaban J connectivity index is 4.02. The van der Waals surface area contributed by atoms with Gasteiger partial charge in [-0.05, 0) is 24.2 Å². The fourth-order valence-electron chi connectivity index (χ4n) is 1.54. The van der Waals surface area contributed by atoms with Crippen molar-refractivity contribution in [3.05, 3.63) is 0 Å². The fourth-order valence-corrected chi connectivity index (χ4v) is 1.54. The topological polar surface area (TPSA) is 29.1 Å². The van der Waals surface area contributed by atoms with Crippen molar-refractivity contribution < 1.29 is 4.79 Å². The van der Waals surface area contributed by atoms with Gasteiger partial charge in [0.15, 0.2) is 0 Å². The van der Waals surface area contributed by atoms with Crippen LogP contribution >= 0.6 is 0 Å². The van der Waals surface area contributed by atoms with Crippen molar-refractivity contribution in [3.8, 4) is 0 Å². The van der Waals surface area contributed by atoms with Crippen molar-refractivity contribution in [1.29, 1.82) is 0 Å². The third kappa shape index (κ3) is 5.67. The van der Waals surface area contributed by atoms with Gasteiger partial charge in [-0.1, -0.05) is 27.7 Å². The predicted octanol–water partition coefficient (Wildman–Crippen LogP) is 2.44. The average Bonchev–Trinajstić information content (AvgIpc) is 2.02. The lowest BCUT2D eigenvalue weighted by molar-refractivity contribution is -0.122. The molecular weight excluding hydrogens is 162 g/mol. The molecule has 0 aromatic carbocycles. The van der Waals surface area contributed by atoms with E-state index in [4.69, 9.17) is 0 Å². The Morgan fingerprint density at radius 2 is 1.77 bits per heavy atom. The van der Waals surface area contributed by atoms with Crippen LogP contribution in [-0.4, -0.2) is 13.0 Å². The van der Waals surface area contributed by atoms with Crippen LogP contribution in [0.1, 0.15) is 40.5 Å². The first-order chi connectivity index (χ1) is 5.97. The van der Waals surface area contributed by atoms with E-state index in [1.807, 2.05) is 0 Å². The molecule has 0 aliphatic heterocycles. The summed E-state index contributed by atoms with van der Waals surface area (Å²) in [5, 5.41) is 2.68. The molecule has 0 saturated heterocycles. The van der Waals surface area contributed by atoms with Crippen molar-refractivity contribution in [2.45, 2.75) is 40.5 Å². The zero-order valence-electron chi connectivity index (χ0n) is 9.55. The van der Waals surface area contributed by atoms with Crippen molar-refractivity contribution >= 4 is 5.91 Å². The molecule has 78 valence electrons. The molecule has 2 nitrogen and oxygen atoms in total. The van der Waals surface area contributed by atoms with Crippen molar-refractivity contribution in [2.24, 2.45) is 17.8 Å². The molecule has 0 bridgehead atoms. The van der Waals surface area contributed by atoms with E-state index < -0.39 is 0 Å². The van der Waals surface area contributed by atoms with Gasteiger partial charge in [-0.2, -0.15) is 0 Å². The van der Waals surface area contributed by atoms with Gasteiger partial charge in [-0.3, -0.25) is 4.79 Å². The predicted molar refractivity (Wildman–Crippen MR) is 56.5 cm³/mol. The van der Waals surface area contributed by atoms with Crippen molar-refractivity contribution in [1.82, 2.24) is 5.32 Å². The minimum Gasteiger partial charge on any atom is -0.359 e. The maximum atomic E-state index is 11.2. The number of hydrogen-bond acceptors (Lipinski definition) is 1. The van der Waals surface area contributed by atoms with Crippen LogP contribution in [0.3, 0.4) is 0 Å². The van der Waals surface area contributed by atoms with Gasteiger partial charge in [-0.15, -0.1) is 0 Å². The molecule has 0 aliphatic rings. The summed E-state index contributed by atoms with van der Waals surface area (Å²) in [6, 6.07) is 0. The van der Waals surface area contributed by atoms with Gasteiger partial charge in [0.1, 0.15) is 0 Å². The highest BCUT2D eigenvalue weighted by Gasteiger charge is 2.17. The van der Waals surface area contributed by atoms with E-state index >= 15 is 0 Å². The second kappa shape index (κ2) is 6.01. The Morgan fingerprint density at radius 1 is 1.23 bits per heavy atom. The largest absolute Gasteiger partial charge is 0.359 e. The van der Waals surface area contributed by atoms with E-state index in [-0.39, 0.29) is 5.91 Å². The Hall–Kier alpha value is -0.530. The van der Waals surface area contributed by atoms with Crippen LogP contribution in [0, 0.1) is 17.8 Å². The molecule has 0 aliphatic carbocycles. The molecule has 0 saturated carbocycles. The lowest BCUT2D eigenvalue weighted by atomic mass is 9.85. The Kier molecular flexibility index (Phi) is 5.76. The van der Waals surface area contributed by atoms with Crippen LogP contribution in [0.4, 0.5) is 0 Å². The molecule has 2 heteroatoms. The SMILES string of the molecule is CNC(=O)CC(CC(C)C)C(C)C. The smallest absolute Gasteiger partial charge is 0.220 e. The van der Waals surface area contributed by atoms with Gasteiger partial charge in [0.05, 0.1) is 0 Å². The van der Waals surface area contributed by atoms with E-state index in [0.717, 1.165) is 6.42 Å². The quantitative estimate of drug-likeness (QED) is 0.700. The summed E-state index contributed by atoms with van der Waals surface area (Å²) in [6.45, 7) is 8.80. The number of amides is 1. The Labute approximate surface area is 82.1 Å². The molecule has 1 amide bonds. The van der Waals surface area contributed by atoms with Crippen LogP contribution in [-0.2, 0) is 4.79 Å². The molecule has 0 aromatic heterocycles. The highest BCUT2D eigenvalue weighted by atomic mass is 16.1. The van der Waals surface area contributed by atoms with Gasteiger partial charge in [-0.25, -0.2) is 0 Å². The van der Waals surface area contributed by atoms with Gasteiger partial charge in [0, 0.05) is 13.5 Å². The second-order valence-corrected chi connectivity index (χ2v) is 4.51. The molecule has 0 heterocycles. The third-order valence-electron chi connectivity index (χ3n) is 2.44. The van der Waals surface area contributed by atoms with Gasteiger partial charge in [0.25, 0.3) is 0 Å². The maximum Gasteiger partial charge on any atom is 0.220 e. The first kappa shape index (κ1) is 12.5. The number of rotatable bonds is 5. The summed E-state index contributed by atoms with van der Waals surface area (Å²) in [7, 11) is 1.70. The lowest BCUT2D eigenvalue weighted by Gasteiger charge is -2.21. The van der Waals surface area contributed by atoms with Crippen LogP contribution in [0.5, 0.6) is 0 Å². The third-order valence-corrected chi connectivity index (χ3v) is 2.44.